The summed E-state index contributed by atoms with van der Waals surface area (Å²) in [4.78, 5) is 3.61. The number of phenolic OH excluding ortho intramolecular Hbond substituents is 2. The van der Waals surface area contributed by atoms with E-state index < -0.39 is 0 Å². The van der Waals surface area contributed by atoms with Gasteiger partial charge in [-0.05, 0) is 81.9 Å². The van der Waals surface area contributed by atoms with Gasteiger partial charge in [0.05, 0.1) is 10.0 Å². The van der Waals surface area contributed by atoms with E-state index in [1.165, 1.54) is 31.2 Å². The highest BCUT2D eigenvalue weighted by Gasteiger charge is 2.26. The predicted molar refractivity (Wildman–Crippen MR) is 146 cm³/mol. The van der Waals surface area contributed by atoms with Crippen LogP contribution in [0.5, 0.6) is 11.5 Å². The summed E-state index contributed by atoms with van der Waals surface area (Å²) < 4.78 is 0. The van der Waals surface area contributed by atoms with Crippen molar-refractivity contribution in [3.63, 3.8) is 0 Å². The Morgan fingerprint density at radius 3 is 2.53 bits per heavy atom. The van der Waals surface area contributed by atoms with Crippen molar-refractivity contribution in [2.24, 2.45) is 0 Å². The fourth-order valence-corrected chi connectivity index (χ4v) is 6.35. The normalized spacial score (nSPS) is 15.6. The highest BCUT2D eigenvalue weighted by molar-refractivity contribution is 7.99. The molecule has 0 radical (unpaired) electrons. The Morgan fingerprint density at radius 1 is 1.00 bits per heavy atom. The summed E-state index contributed by atoms with van der Waals surface area (Å²) in [6.45, 7) is 6.51. The average Bonchev–Trinajstić information content (AvgIpc) is 2.83. The van der Waals surface area contributed by atoms with Gasteiger partial charge in [-0.1, -0.05) is 55.1 Å². The summed E-state index contributed by atoms with van der Waals surface area (Å²) in [6, 6.07) is 9.78. The number of thioether (sulfide) groups is 1. The SMILES string of the molecule is CCCN(CCCCCCNCCSc1c(Cl)cccc1Cl)[C@H]1CCc2c(ccc(O)c2O)C1. The predicted octanol–water partition coefficient (Wildman–Crippen LogP) is 6.92. The quantitative estimate of drug-likeness (QED) is 0.142. The highest BCUT2D eigenvalue weighted by Crippen LogP contribution is 2.37. The molecule has 2 aromatic carbocycles. The van der Waals surface area contributed by atoms with E-state index in [0.717, 1.165) is 78.1 Å². The summed E-state index contributed by atoms with van der Waals surface area (Å²) in [5.41, 5.74) is 2.13. The van der Waals surface area contributed by atoms with Crippen molar-refractivity contribution >= 4 is 35.0 Å². The second kappa shape index (κ2) is 14.4. The van der Waals surface area contributed by atoms with E-state index in [1.54, 1.807) is 17.8 Å². The van der Waals surface area contributed by atoms with E-state index in [9.17, 15) is 10.2 Å². The van der Waals surface area contributed by atoms with Crippen LogP contribution in [0.3, 0.4) is 0 Å². The molecule has 4 nitrogen and oxygen atoms in total. The maximum absolute atomic E-state index is 10.2. The lowest BCUT2D eigenvalue weighted by molar-refractivity contribution is 0.175. The zero-order valence-electron chi connectivity index (χ0n) is 20.2. The minimum Gasteiger partial charge on any atom is -0.504 e. The lowest BCUT2D eigenvalue weighted by Crippen LogP contribution is -2.40. The van der Waals surface area contributed by atoms with Crippen LogP contribution in [0.4, 0.5) is 0 Å². The van der Waals surface area contributed by atoms with Gasteiger partial charge in [0.15, 0.2) is 11.5 Å². The van der Waals surface area contributed by atoms with Gasteiger partial charge in [0.2, 0.25) is 0 Å². The van der Waals surface area contributed by atoms with Crippen LogP contribution in [0.1, 0.15) is 56.6 Å². The lowest BCUT2D eigenvalue weighted by atomic mass is 9.86. The fraction of sp³-hybridized carbons (Fsp3) is 0.556. The number of nitrogens with one attached hydrogen (secondary N) is 1. The van der Waals surface area contributed by atoms with Gasteiger partial charge in [-0.15, -0.1) is 11.8 Å². The molecule has 2 aromatic rings. The Hall–Kier alpha value is -1.11. The number of hydrogen-bond donors (Lipinski definition) is 3. The first kappa shape index (κ1) is 27.5. The Kier molecular flexibility index (Phi) is 11.7. The number of nitrogens with zero attached hydrogens (tertiary/aromatic N) is 1. The topological polar surface area (TPSA) is 55.7 Å². The highest BCUT2D eigenvalue weighted by atomic mass is 35.5. The fourth-order valence-electron chi connectivity index (χ4n) is 4.77. The van der Waals surface area contributed by atoms with Crippen LogP contribution in [-0.4, -0.2) is 53.1 Å². The Balaban J connectivity index is 1.28. The smallest absolute Gasteiger partial charge is 0.160 e. The van der Waals surface area contributed by atoms with E-state index in [2.05, 4.69) is 17.1 Å². The van der Waals surface area contributed by atoms with Crippen molar-refractivity contribution in [3.05, 3.63) is 51.5 Å². The molecule has 1 atom stereocenters. The molecule has 3 rings (SSSR count). The minimum absolute atomic E-state index is 0.000785. The van der Waals surface area contributed by atoms with Gasteiger partial charge in [0.1, 0.15) is 0 Å². The third-order valence-electron chi connectivity index (χ3n) is 6.56. The monoisotopic (exact) mass is 524 g/mol. The summed E-state index contributed by atoms with van der Waals surface area (Å²) in [7, 11) is 0. The van der Waals surface area contributed by atoms with Crippen LogP contribution in [-0.2, 0) is 12.8 Å². The van der Waals surface area contributed by atoms with Gasteiger partial charge in [0, 0.05) is 28.8 Å². The molecule has 0 aliphatic heterocycles. The zero-order valence-corrected chi connectivity index (χ0v) is 22.5. The van der Waals surface area contributed by atoms with Crippen molar-refractivity contribution in [1.82, 2.24) is 10.2 Å². The number of benzene rings is 2. The maximum Gasteiger partial charge on any atom is 0.160 e. The molecule has 0 amide bonds. The second-order valence-corrected chi connectivity index (χ2v) is 11.0. The zero-order chi connectivity index (χ0) is 24.3. The minimum atomic E-state index is 0.000785. The van der Waals surface area contributed by atoms with Crippen molar-refractivity contribution in [2.45, 2.75) is 69.2 Å². The van der Waals surface area contributed by atoms with Crippen LogP contribution in [0.25, 0.3) is 0 Å². The molecule has 0 bridgehead atoms. The average molecular weight is 526 g/mol. The summed E-state index contributed by atoms with van der Waals surface area (Å²) in [5, 5.41) is 24.9. The standard InChI is InChI=1S/C27H38Cl2N2O2S/c1-2-16-31(21-11-12-22-20(19-21)10-13-25(32)26(22)33)17-6-4-3-5-14-30-15-18-34-27-23(28)8-7-9-24(27)29/h7-10,13,21,30,32-33H,2-6,11-12,14-19H2,1H3/t21-/m0/s1. The number of halogens is 2. The lowest BCUT2D eigenvalue weighted by Gasteiger charge is -2.35. The molecule has 0 saturated carbocycles. The molecular formula is C27H38Cl2N2O2S. The van der Waals surface area contributed by atoms with Crippen LogP contribution in [0.2, 0.25) is 10.0 Å². The maximum atomic E-state index is 10.2. The number of aromatic hydroxyl groups is 2. The molecule has 0 unspecified atom stereocenters. The van der Waals surface area contributed by atoms with Crippen LogP contribution < -0.4 is 5.32 Å². The van der Waals surface area contributed by atoms with Crippen molar-refractivity contribution in [3.8, 4) is 11.5 Å². The number of unbranched alkanes of at least 4 members (excludes halogenated alkanes) is 3. The molecule has 3 N–H and O–H groups in total. The number of phenols is 2. The van der Waals surface area contributed by atoms with Crippen LogP contribution in [0.15, 0.2) is 35.2 Å². The van der Waals surface area contributed by atoms with Gasteiger partial charge < -0.3 is 20.4 Å². The van der Waals surface area contributed by atoms with Gasteiger partial charge in [-0.25, -0.2) is 0 Å². The first-order valence-electron chi connectivity index (χ1n) is 12.6. The van der Waals surface area contributed by atoms with Crippen LogP contribution in [0, 0.1) is 0 Å². The molecule has 0 aromatic heterocycles. The molecule has 34 heavy (non-hydrogen) atoms. The Bertz CT molecular complexity index is 892. The van der Waals surface area contributed by atoms with E-state index in [1.807, 2.05) is 24.3 Å². The van der Waals surface area contributed by atoms with E-state index in [-0.39, 0.29) is 11.5 Å². The summed E-state index contributed by atoms with van der Waals surface area (Å²) >= 11 is 14.1. The first-order chi connectivity index (χ1) is 16.5. The molecule has 0 spiro atoms. The molecular weight excluding hydrogens is 487 g/mol. The molecule has 1 aliphatic rings. The van der Waals surface area contributed by atoms with Gasteiger partial charge in [-0.3, -0.25) is 0 Å². The summed E-state index contributed by atoms with van der Waals surface area (Å²) in [5.74, 6) is 1.04. The third-order valence-corrected chi connectivity index (χ3v) is 8.55. The number of fused-ring (bicyclic) bond motifs is 1. The Morgan fingerprint density at radius 2 is 1.76 bits per heavy atom. The van der Waals surface area contributed by atoms with Gasteiger partial charge in [-0.2, -0.15) is 0 Å². The van der Waals surface area contributed by atoms with Crippen molar-refractivity contribution in [2.75, 3.05) is 31.9 Å². The van der Waals surface area contributed by atoms with Crippen molar-refractivity contribution < 1.29 is 10.2 Å². The van der Waals surface area contributed by atoms with Crippen LogP contribution >= 0.6 is 35.0 Å². The number of rotatable bonds is 14. The molecule has 1 aliphatic carbocycles. The van der Waals surface area contributed by atoms with Gasteiger partial charge >= 0.3 is 0 Å². The second-order valence-electron chi connectivity index (χ2n) is 9.07. The van der Waals surface area contributed by atoms with E-state index >= 15 is 0 Å². The summed E-state index contributed by atoms with van der Waals surface area (Å²) in [6.07, 6.45) is 8.94. The molecule has 0 heterocycles. The molecule has 0 saturated heterocycles. The van der Waals surface area contributed by atoms with Crippen molar-refractivity contribution in [1.29, 1.82) is 0 Å². The molecule has 0 fully saturated rings. The number of hydrogen-bond acceptors (Lipinski definition) is 5. The molecule has 7 heteroatoms. The molecule has 188 valence electrons. The largest absolute Gasteiger partial charge is 0.504 e. The van der Waals surface area contributed by atoms with Gasteiger partial charge in [0.25, 0.3) is 0 Å². The Labute approximate surface area is 219 Å². The van der Waals surface area contributed by atoms with E-state index in [0.29, 0.717) is 6.04 Å². The van der Waals surface area contributed by atoms with E-state index in [4.69, 9.17) is 23.2 Å². The first-order valence-corrected chi connectivity index (χ1v) is 14.3. The third kappa shape index (κ3) is 7.96.